The number of hydrogen-bond donors (Lipinski definition) is 1. The van der Waals surface area contributed by atoms with Crippen LogP contribution in [0, 0.1) is 0 Å². The van der Waals surface area contributed by atoms with Crippen LogP contribution in [0.3, 0.4) is 0 Å². The molecule has 0 bridgehead atoms. The van der Waals surface area contributed by atoms with E-state index < -0.39 is 0 Å². The van der Waals surface area contributed by atoms with Crippen LogP contribution in [0.25, 0.3) is 21.6 Å². The van der Waals surface area contributed by atoms with Crippen molar-refractivity contribution in [3.05, 3.63) is 41.8 Å². The maximum absolute atomic E-state index is 12.1. The number of amides is 1. The number of aromatic nitrogens is 2. The van der Waals surface area contributed by atoms with Crippen molar-refractivity contribution < 1.29 is 14.3 Å². The number of thioether (sulfide) groups is 1. The molecular formula is C20H21N3O3S2. The number of fused-ring (bicyclic) bond motifs is 1. The molecule has 0 saturated carbocycles. The van der Waals surface area contributed by atoms with Crippen molar-refractivity contribution in [2.24, 2.45) is 0 Å². The van der Waals surface area contributed by atoms with Gasteiger partial charge < -0.3 is 10.1 Å². The third kappa shape index (κ3) is 5.53. The number of carbonyl (C=O) groups excluding carboxylic acids is 2. The van der Waals surface area contributed by atoms with Crippen LogP contribution in [-0.4, -0.2) is 40.7 Å². The highest BCUT2D eigenvalue weighted by Crippen LogP contribution is 2.29. The lowest BCUT2D eigenvalue weighted by atomic mass is 10.2. The molecule has 3 rings (SSSR count). The first kappa shape index (κ1) is 20.3. The van der Waals surface area contributed by atoms with Gasteiger partial charge in [-0.3, -0.25) is 9.59 Å². The molecule has 28 heavy (non-hydrogen) atoms. The standard InChI is InChI=1S/C20H21N3O3S2/c1-2-26-18(25)10-5-11-21-17(24)13-28-20-14-7-3-4-8-15(14)22-19(23-20)16-9-6-12-27-16/h3-4,6-9,12H,2,5,10-11,13H2,1H3,(H,21,24). The Morgan fingerprint density at radius 2 is 2.04 bits per heavy atom. The Morgan fingerprint density at radius 1 is 1.18 bits per heavy atom. The van der Waals surface area contributed by atoms with Gasteiger partial charge in [-0.1, -0.05) is 36.0 Å². The van der Waals surface area contributed by atoms with Gasteiger partial charge in [-0.2, -0.15) is 0 Å². The quantitative estimate of drug-likeness (QED) is 0.247. The number of esters is 1. The minimum atomic E-state index is -0.236. The molecular weight excluding hydrogens is 394 g/mol. The minimum absolute atomic E-state index is 0.0887. The number of carbonyl (C=O) groups is 2. The first-order valence-corrected chi connectivity index (χ1v) is 10.9. The van der Waals surface area contributed by atoms with Gasteiger partial charge in [0, 0.05) is 18.4 Å². The summed E-state index contributed by atoms with van der Waals surface area (Å²) in [7, 11) is 0. The van der Waals surface area contributed by atoms with Crippen molar-refractivity contribution in [3.8, 4) is 10.7 Å². The van der Waals surface area contributed by atoms with E-state index in [-0.39, 0.29) is 17.6 Å². The Hall–Kier alpha value is -2.45. The number of hydrogen-bond acceptors (Lipinski definition) is 7. The Kier molecular flexibility index (Phi) is 7.39. The molecule has 0 aliphatic carbocycles. The number of nitrogens with zero attached hydrogens (tertiary/aromatic N) is 2. The summed E-state index contributed by atoms with van der Waals surface area (Å²) in [6.07, 6.45) is 0.871. The zero-order valence-corrected chi connectivity index (χ0v) is 17.1. The normalized spacial score (nSPS) is 10.8. The monoisotopic (exact) mass is 415 g/mol. The summed E-state index contributed by atoms with van der Waals surface area (Å²) >= 11 is 2.98. The summed E-state index contributed by atoms with van der Waals surface area (Å²) in [5.41, 5.74) is 0.859. The molecule has 8 heteroatoms. The molecule has 2 heterocycles. The molecule has 0 atom stereocenters. The van der Waals surface area contributed by atoms with Gasteiger partial charge in [-0.15, -0.1) is 11.3 Å². The Balaban J connectivity index is 1.60. The maximum atomic E-state index is 12.1. The van der Waals surface area contributed by atoms with E-state index >= 15 is 0 Å². The van der Waals surface area contributed by atoms with Crippen molar-refractivity contribution in [1.29, 1.82) is 0 Å². The summed E-state index contributed by atoms with van der Waals surface area (Å²) in [4.78, 5) is 33.8. The number of benzene rings is 1. The van der Waals surface area contributed by atoms with Crippen LogP contribution in [0.4, 0.5) is 0 Å². The number of thiophene rings is 1. The highest BCUT2D eigenvalue weighted by atomic mass is 32.2. The average Bonchev–Trinajstić information content (AvgIpc) is 3.24. The number of nitrogens with one attached hydrogen (secondary N) is 1. The molecule has 0 fully saturated rings. The van der Waals surface area contributed by atoms with Crippen molar-refractivity contribution in [2.45, 2.75) is 24.8 Å². The second kappa shape index (κ2) is 10.2. The van der Waals surface area contributed by atoms with Gasteiger partial charge in [-0.05, 0) is 30.9 Å². The molecule has 1 amide bonds. The fourth-order valence-electron chi connectivity index (χ4n) is 2.55. The van der Waals surface area contributed by atoms with Crippen molar-refractivity contribution in [1.82, 2.24) is 15.3 Å². The third-order valence-electron chi connectivity index (χ3n) is 3.83. The van der Waals surface area contributed by atoms with Gasteiger partial charge in [-0.25, -0.2) is 9.97 Å². The predicted molar refractivity (Wildman–Crippen MR) is 112 cm³/mol. The van der Waals surface area contributed by atoms with E-state index in [9.17, 15) is 9.59 Å². The molecule has 1 aromatic carbocycles. The van der Waals surface area contributed by atoms with Crippen LogP contribution in [0.2, 0.25) is 0 Å². The smallest absolute Gasteiger partial charge is 0.305 e. The van der Waals surface area contributed by atoms with Gasteiger partial charge in [0.05, 0.1) is 22.8 Å². The van der Waals surface area contributed by atoms with E-state index in [2.05, 4.69) is 15.3 Å². The molecule has 0 radical (unpaired) electrons. The number of para-hydroxylation sites is 1. The molecule has 146 valence electrons. The fourth-order valence-corrected chi connectivity index (χ4v) is 4.06. The van der Waals surface area contributed by atoms with Crippen LogP contribution in [0.15, 0.2) is 46.8 Å². The summed E-state index contributed by atoms with van der Waals surface area (Å²) in [6.45, 7) is 2.60. The second-order valence-corrected chi connectivity index (χ2v) is 7.81. The largest absolute Gasteiger partial charge is 0.466 e. The maximum Gasteiger partial charge on any atom is 0.305 e. The van der Waals surface area contributed by atoms with Crippen molar-refractivity contribution >= 4 is 45.9 Å². The van der Waals surface area contributed by atoms with Gasteiger partial charge in [0.1, 0.15) is 5.03 Å². The first-order valence-electron chi connectivity index (χ1n) is 9.03. The summed E-state index contributed by atoms with van der Waals surface area (Å²) in [5, 5.41) is 6.54. The van der Waals surface area contributed by atoms with E-state index in [1.165, 1.54) is 11.8 Å². The highest BCUT2D eigenvalue weighted by molar-refractivity contribution is 8.00. The summed E-state index contributed by atoms with van der Waals surface area (Å²) < 4.78 is 4.87. The molecule has 0 spiro atoms. The minimum Gasteiger partial charge on any atom is -0.466 e. The van der Waals surface area contributed by atoms with Gasteiger partial charge in [0.25, 0.3) is 0 Å². The molecule has 3 aromatic rings. The van der Waals surface area contributed by atoms with E-state index in [1.54, 1.807) is 18.3 Å². The number of ether oxygens (including phenoxy) is 1. The van der Waals surface area contributed by atoms with Crippen LogP contribution < -0.4 is 5.32 Å². The van der Waals surface area contributed by atoms with Gasteiger partial charge in [0.2, 0.25) is 5.91 Å². The van der Waals surface area contributed by atoms with Gasteiger partial charge in [0.15, 0.2) is 5.82 Å². The molecule has 0 aliphatic rings. The van der Waals surface area contributed by atoms with E-state index in [0.29, 0.717) is 31.8 Å². The van der Waals surface area contributed by atoms with Crippen LogP contribution in [0.1, 0.15) is 19.8 Å². The topological polar surface area (TPSA) is 81.2 Å². The Bertz CT molecular complexity index is 945. The lowest BCUT2D eigenvalue weighted by Crippen LogP contribution is -2.26. The molecule has 0 unspecified atom stereocenters. The van der Waals surface area contributed by atoms with Crippen molar-refractivity contribution in [3.63, 3.8) is 0 Å². The second-order valence-electron chi connectivity index (χ2n) is 5.89. The van der Waals surface area contributed by atoms with Gasteiger partial charge >= 0.3 is 5.97 Å². The molecule has 2 aromatic heterocycles. The lowest BCUT2D eigenvalue weighted by Gasteiger charge is -2.08. The predicted octanol–water partition coefficient (Wildman–Crippen LogP) is 3.91. The molecule has 6 nitrogen and oxygen atoms in total. The molecule has 0 saturated heterocycles. The Labute approximate surface area is 171 Å². The van der Waals surface area contributed by atoms with E-state index in [1.807, 2.05) is 41.8 Å². The van der Waals surface area contributed by atoms with Crippen LogP contribution in [0.5, 0.6) is 0 Å². The number of rotatable bonds is 9. The van der Waals surface area contributed by atoms with Crippen molar-refractivity contribution in [2.75, 3.05) is 18.9 Å². The Morgan fingerprint density at radius 3 is 2.82 bits per heavy atom. The third-order valence-corrected chi connectivity index (χ3v) is 5.69. The van der Waals surface area contributed by atoms with Crippen LogP contribution >= 0.6 is 23.1 Å². The summed E-state index contributed by atoms with van der Waals surface area (Å²) in [5.74, 6) is 0.601. The highest BCUT2D eigenvalue weighted by Gasteiger charge is 2.12. The zero-order valence-electron chi connectivity index (χ0n) is 15.5. The SMILES string of the molecule is CCOC(=O)CCCNC(=O)CSc1nc(-c2cccs2)nc2ccccc12. The molecule has 0 aliphatic heterocycles. The zero-order chi connectivity index (χ0) is 19.8. The van der Waals surface area contributed by atoms with Crippen LogP contribution in [-0.2, 0) is 14.3 Å². The average molecular weight is 416 g/mol. The fraction of sp³-hybridized carbons (Fsp3) is 0.300. The van der Waals surface area contributed by atoms with E-state index in [0.717, 1.165) is 20.8 Å². The van der Waals surface area contributed by atoms with E-state index in [4.69, 9.17) is 4.74 Å². The first-order chi connectivity index (χ1) is 13.7. The molecule has 1 N–H and O–H groups in total. The summed E-state index contributed by atoms with van der Waals surface area (Å²) in [6, 6.07) is 11.8. The lowest BCUT2D eigenvalue weighted by molar-refractivity contribution is -0.143.